The Morgan fingerprint density at radius 2 is 1.13 bits per heavy atom. The van der Waals surface area contributed by atoms with Crippen molar-refractivity contribution in [1.82, 2.24) is 0 Å². The normalized spacial score (nSPS) is 15.7. The average Bonchev–Trinajstić information content (AvgIpc) is 3.26. The van der Waals surface area contributed by atoms with Gasteiger partial charge in [-0.15, -0.1) is 11.5 Å². The van der Waals surface area contributed by atoms with Gasteiger partial charge in [0, 0.05) is 6.42 Å². The molecule has 3 heteroatoms. The number of hydrogen-bond acceptors (Lipinski definition) is 0. The van der Waals surface area contributed by atoms with Crippen LogP contribution in [0, 0.1) is 82.6 Å². The van der Waals surface area contributed by atoms with Gasteiger partial charge in [-0.25, -0.2) is 0 Å². The molecule has 0 amide bonds. The van der Waals surface area contributed by atoms with Crippen LogP contribution in [-0.4, -0.2) is 8.07 Å². The minimum absolute atomic E-state index is 1.05. The predicted molar refractivity (Wildman–Crippen MR) is 104 cm³/mol. The fourth-order valence-electron chi connectivity index (χ4n) is 1.36. The van der Waals surface area contributed by atoms with Crippen LogP contribution in [0.25, 0.3) is 0 Å². The molecule has 10 radical (unpaired) electrons. The van der Waals surface area contributed by atoms with Crippen molar-refractivity contribution >= 4 is 17.4 Å². The van der Waals surface area contributed by atoms with E-state index in [9.17, 15) is 0 Å². The van der Waals surface area contributed by atoms with E-state index in [-0.39, 0.29) is 0 Å². The first-order chi connectivity index (χ1) is 11.1. The summed E-state index contributed by atoms with van der Waals surface area (Å²) in [5.41, 5.74) is 3.35. The molecule has 2 fully saturated rings. The predicted octanol–water partition coefficient (Wildman–Crippen LogP) is 5.99. The van der Waals surface area contributed by atoms with Gasteiger partial charge in [0.15, 0.2) is 0 Å². The Labute approximate surface area is 164 Å². The molecule has 0 unspecified atom stereocenters. The molecule has 0 N–H and O–H groups in total. The van der Waals surface area contributed by atoms with Gasteiger partial charge in [-0.05, 0) is 70.6 Å². The zero-order chi connectivity index (χ0) is 17.8. The summed E-state index contributed by atoms with van der Waals surface area (Å²) >= 11 is 1.47. The van der Waals surface area contributed by atoms with E-state index in [1.54, 1.807) is 0 Å². The van der Waals surface area contributed by atoms with Crippen LogP contribution in [0.4, 0.5) is 0 Å². The van der Waals surface area contributed by atoms with E-state index in [4.69, 9.17) is 0 Å². The fraction of sp³-hybridized carbons (Fsp3) is 0.350. The Balaban J connectivity index is 0. The van der Waals surface area contributed by atoms with Gasteiger partial charge in [-0.1, -0.05) is 26.1 Å². The standard InChI is InChI=1S/C10H19Si.2C5H5.ClH.Ti/c1-5-6-7-8-9-10-11(2,3)4;2*1-2-4-5-3-1;;/h1,5-8H2,2-4H3;2*1-5H;1H;/q-1;;;;+2/p-1. The summed E-state index contributed by atoms with van der Waals surface area (Å²) in [4.78, 5) is 0. The van der Waals surface area contributed by atoms with Gasteiger partial charge in [0.05, 0.1) is 0 Å². The van der Waals surface area contributed by atoms with Crippen molar-refractivity contribution in [3.05, 3.63) is 71.1 Å². The van der Waals surface area contributed by atoms with E-state index in [0.717, 1.165) is 12.8 Å². The van der Waals surface area contributed by atoms with Gasteiger partial charge in [0.25, 0.3) is 0 Å². The van der Waals surface area contributed by atoms with Crippen molar-refractivity contribution in [2.24, 2.45) is 0 Å². The zero-order valence-electron chi connectivity index (χ0n) is 14.7. The van der Waals surface area contributed by atoms with Crippen molar-refractivity contribution < 1.29 is 19.4 Å². The van der Waals surface area contributed by atoms with Crippen molar-refractivity contribution in [1.29, 1.82) is 0 Å². The van der Waals surface area contributed by atoms with Gasteiger partial charge in [0.1, 0.15) is 8.07 Å². The van der Waals surface area contributed by atoms with Crippen LogP contribution in [-0.2, 0) is 19.4 Å². The van der Waals surface area contributed by atoms with E-state index in [1.165, 1.54) is 32.2 Å². The molecule has 124 valence electrons. The second kappa shape index (κ2) is 20.8. The van der Waals surface area contributed by atoms with Crippen molar-refractivity contribution in [3.8, 4) is 11.5 Å². The molecule has 0 aromatic heterocycles. The van der Waals surface area contributed by atoms with E-state index < -0.39 is 8.07 Å². The number of hydrogen-bond donors (Lipinski definition) is 0. The molecule has 0 aliphatic heterocycles. The Hall–Kier alpha value is 0.781. The van der Waals surface area contributed by atoms with Crippen LogP contribution in [0.5, 0.6) is 0 Å². The summed E-state index contributed by atoms with van der Waals surface area (Å²) in [5.74, 6) is 3.24. The van der Waals surface area contributed by atoms with Crippen molar-refractivity contribution in [2.75, 3.05) is 0 Å². The summed E-state index contributed by atoms with van der Waals surface area (Å²) < 4.78 is 0. The molecule has 0 atom stereocenters. The number of unbranched alkanes of at least 4 members (excludes halogenated alkanes) is 3. The summed E-state index contributed by atoms with van der Waals surface area (Å²) in [6.07, 6.45) is 24.6. The van der Waals surface area contributed by atoms with Gasteiger partial charge >= 0.3 is 28.7 Å². The first-order valence-corrected chi connectivity index (χ1v) is 13.5. The summed E-state index contributed by atoms with van der Waals surface area (Å²) in [6.45, 7) is 10.6. The molecule has 2 saturated carbocycles. The Kier molecular flexibility index (Phi) is 23.6. The monoisotopic (exact) mass is 380 g/mol. The van der Waals surface area contributed by atoms with E-state index in [1.807, 2.05) is 64.2 Å². The summed E-state index contributed by atoms with van der Waals surface area (Å²) in [7, 11) is 3.54. The Morgan fingerprint density at radius 1 is 0.783 bits per heavy atom. The number of rotatable bonds is 3. The number of halogens is 1. The van der Waals surface area contributed by atoms with E-state index >= 15 is 0 Å². The molecule has 2 aliphatic rings. The first-order valence-electron chi connectivity index (χ1n) is 7.88. The Bertz CT molecular complexity index is 242. The van der Waals surface area contributed by atoms with Crippen LogP contribution < -0.4 is 0 Å². The summed E-state index contributed by atoms with van der Waals surface area (Å²) in [5, 5.41) is 0. The quantitative estimate of drug-likeness (QED) is 0.244. The third-order valence-electron chi connectivity index (χ3n) is 2.38. The maximum absolute atomic E-state index is 4.64. The second-order valence-corrected chi connectivity index (χ2v) is 10.5. The van der Waals surface area contributed by atoms with Gasteiger partial charge in [0.2, 0.25) is 0 Å². The molecule has 2 aliphatic carbocycles. The SMILES string of the molecule is [CH2-]CCCCC#C[Si](C)(C)C.[CH]1[CH][CH][CH][CH]1.[CH]1[CH][CH][CH][CH]1.[Cl][Ti+]. The zero-order valence-corrected chi connectivity index (χ0v) is 18.0. The first kappa shape index (κ1) is 26.0. The second-order valence-electron chi connectivity index (χ2n) is 5.79. The third kappa shape index (κ3) is 27.9. The molecule has 0 spiro atoms. The molecule has 0 heterocycles. The van der Waals surface area contributed by atoms with Crippen LogP contribution in [0.3, 0.4) is 0 Å². The summed E-state index contributed by atoms with van der Waals surface area (Å²) in [6, 6.07) is 0. The molecule has 0 saturated heterocycles. The van der Waals surface area contributed by atoms with Crippen molar-refractivity contribution in [2.45, 2.75) is 45.3 Å². The molecule has 0 bridgehead atoms. The van der Waals surface area contributed by atoms with Crippen LogP contribution in [0.1, 0.15) is 25.7 Å². The topological polar surface area (TPSA) is 0 Å². The van der Waals surface area contributed by atoms with Crippen molar-refractivity contribution in [3.63, 3.8) is 0 Å². The van der Waals surface area contributed by atoms with E-state index in [0.29, 0.717) is 0 Å². The van der Waals surface area contributed by atoms with Crippen LogP contribution in [0.15, 0.2) is 0 Å². The molecule has 0 aromatic rings. The molecular formula is C20H29ClSiTi. The van der Waals surface area contributed by atoms with E-state index in [2.05, 4.69) is 47.3 Å². The molecule has 2 rings (SSSR count). The Morgan fingerprint density at radius 3 is 1.39 bits per heavy atom. The van der Waals surface area contributed by atoms with Gasteiger partial charge < -0.3 is 6.92 Å². The molecule has 0 aromatic carbocycles. The third-order valence-corrected chi connectivity index (χ3v) is 3.30. The van der Waals surface area contributed by atoms with Crippen LogP contribution in [0.2, 0.25) is 19.6 Å². The average molecular weight is 381 g/mol. The van der Waals surface area contributed by atoms with Gasteiger partial charge in [-0.3, -0.25) is 0 Å². The molecular weight excluding hydrogens is 352 g/mol. The minimum atomic E-state index is -1.09. The molecule has 23 heavy (non-hydrogen) atoms. The fourth-order valence-corrected chi connectivity index (χ4v) is 2.01. The van der Waals surface area contributed by atoms with Crippen LogP contribution >= 0.6 is 9.30 Å². The molecule has 0 nitrogen and oxygen atoms in total. The maximum atomic E-state index is 4.64. The van der Waals surface area contributed by atoms with Gasteiger partial charge in [-0.2, -0.15) is 6.42 Å².